The Bertz CT molecular complexity index is 657. The average Bonchev–Trinajstić information content (AvgIpc) is 2.61. The highest BCUT2D eigenvalue weighted by molar-refractivity contribution is 5.85. The second kappa shape index (κ2) is 9.50. The average molecular weight is 349 g/mol. The number of amides is 1. The van der Waals surface area contributed by atoms with Crippen LogP contribution < -0.4 is 15.4 Å². The summed E-state index contributed by atoms with van der Waals surface area (Å²) in [6.07, 6.45) is 3.54. The van der Waals surface area contributed by atoms with E-state index in [0.29, 0.717) is 5.92 Å². The number of benzene rings is 2. The first-order chi connectivity index (χ1) is 11.3. The number of carbonyl (C=O) groups excluding carboxylic acids is 1. The van der Waals surface area contributed by atoms with E-state index in [0.717, 1.165) is 37.2 Å². The highest BCUT2D eigenvalue weighted by Gasteiger charge is 2.12. The van der Waals surface area contributed by atoms with E-state index in [9.17, 15) is 4.79 Å². The number of nitrogens with one attached hydrogen (secondary N) is 2. The van der Waals surface area contributed by atoms with Crippen molar-refractivity contribution in [3.63, 3.8) is 0 Å². The smallest absolute Gasteiger partial charge is 0.257 e. The van der Waals surface area contributed by atoms with Crippen molar-refractivity contribution in [2.75, 3.05) is 26.2 Å². The Labute approximate surface area is 149 Å². The fraction of sp³-hybridized carbons (Fsp3) is 0.421. The highest BCUT2D eigenvalue weighted by Crippen LogP contribution is 2.20. The number of piperidine rings is 1. The number of fused-ring (bicyclic) bond motifs is 1. The van der Waals surface area contributed by atoms with Crippen molar-refractivity contribution >= 4 is 29.1 Å². The second-order valence-electron chi connectivity index (χ2n) is 6.15. The quantitative estimate of drug-likeness (QED) is 0.843. The van der Waals surface area contributed by atoms with Crippen LogP contribution in [0.4, 0.5) is 0 Å². The molecule has 24 heavy (non-hydrogen) atoms. The van der Waals surface area contributed by atoms with E-state index in [-0.39, 0.29) is 24.9 Å². The maximum atomic E-state index is 11.9. The number of carbonyl (C=O) groups is 1. The van der Waals surface area contributed by atoms with Crippen molar-refractivity contribution in [2.24, 2.45) is 5.92 Å². The lowest BCUT2D eigenvalue weighted by Gasteiger charge is -2.22. The lowest BCUT2D eigenvalue weighted by atomic mass is 9.96. The van der Waals surface area contributed by atoms with Crippen LogP contribution >= 0.6 is 12.4 Å². The third-order valence-electron chi connectivity index (χ3n) is 4.36. The zero-order chi connectivity index (χ0) is 15.9. The predicted octanol–water partition coefficient (Wildman–Crippen LogP) is 3.15. The van der Waals surface area contributed by atoms with Crippen LogP contribution in [0.3, 0.4) is 0 Å². The molecule has 0 aromatic heterocycles. The molecule has 1 heterocycles. The van der Waals surface area contributed by atoms with Gasteiger partial charge in [0.2, 0.25) is 0 Å². The molecule has 130 valence electrons. The maximum Gasteiger partial charge on any atom is 0.257 e. The van der Waals surface area contributed by atoms with Crippen LogP contribution in [-0.4, -0.2) is 32.1 Å². The summed E-state index contributed by atoms with van der Waals surface area (Å²) in [4.78, 5) is 11.9. The van der Waals surface area contributed by atoms with Crippen LogP contribution in [0, 0.1) is 5.92 Å². The molecule has 1 saturated heterocycles. The molecule has 2 aromatic rings. The fourth-order valence-corrected chi connectivity index (χ4v) is 3.04. The first-order valence-corrected chi connectivity index (χ1v) is 8.40. The second-order valence-corrected chi connectivity index (χ2v) is 6.15. The molecule has 1 fully saturated rings. The Morgan fingerprint density at radius 3 is 2.83 bits per heavy atom. The van der Waals surface area contributed by atoms with Crippen molar-refractivity contribution < 1.29 is 9.53 Å². The maximum absolute atomic E-state index is 11.9. The van der Waals surface area contributed by atoms with Gasteiger partial charge in [-0.15, -0.1) is 12.4 Å². The summed E-state index contributed by atoms with van der Waals surface area (Å²) >= 11 is 0. The Hall–Kier alpha value is -1.78. The van der Waals surface area contributed by atoms with Crippen LogP contribution in [0.25, 0.3) is 10.8 Å². The van der Waals surface area contributed by atoms with E-state index in [1.54, 1.807) is 0 Å². The topological polar surface area (TPSA) is 50.4 Å². The van der Waals surface area contributed by atoms with Crippen molar-refractivity contribution in [2.45, 2.75) is 19.3 Å². The lowest BCUT2D eigenvalue weighted by molar-refractivity contribution is -0.123. The minimum absolute atomic E-state index is 0. The SMILES string of the molecule is Cl.O=C(COc1ccc2ccccc2c1)NCCC1CCCNC1. The predicted molar refractivity (Wildman–Crippen MR) is 99.9 cm³/mol. The van der Waals surface area contributed by atoms with Gasteiger partial charge in [-0.3, -0.25) is 4.79 Å². The molecule has 1 amide bonds. The minimum Gasteiger partial charge on any atom is -0.484 e. The van der Waals surface area contributed by atoms with Gasteiger partial charge >= 0.3 is 0 Å². The summed E-state index contributed by atoms with van der Waals surface area (Å²) in [5.41, 5.74) is 0. The van der Waals surface area contributed by atoms with Crippen molar-refractivity contribution in [1.29, 1.82) is 0 Å². The fourth-order valence-electron chi connectivity index (χ4n) is 3.04. The van der Waals surface area contributed by atoms with Crippen molar-refractivity contribution in [1.82, 2.24) is 10.6 Å². The summed E-state index contributed by atoms with van der Waals surface area (Å²) in [7, 11) is 0. The summed E-state index contributed by atoms with van der Waals surface area (Å²) in [6.45, 7) is 3.00. The summed E-state index contributed by atoms with van der Waals surface area (Å²) in [5.74, 6) is 1.36. The Morgan fingerprint density at radius 1 is 1.21 bits per heavy atom. The van der Waals surface area contributed by atoms with Gasteiger partial charge < -0.3 is 15.4 Å². The summed E-state index contributed by atoms with van der Waals surface area (Å²) in [5, 5.41) is 8.63. The molecule has 0 aliphatic carbocycles. The molecule has 5 heteroatoms. The normalized spacial score (nSPS) is 17.1. The van der Waals surface area contributed by atoms with Gasteiger partial charge in [-0.2, -0.15) is 0 Å². The molecule has 1 aliphatic rings. The van der Waals surface area contributed by atoms with Gasteiger partial charge in [-0.25, -0.2) is 0 Å². The van der Waals surface area contributed by atoms with Gasteiger partial charge in [0.15, 0.2) is 6.61 Å². The number of rotatable bonds is 6. The first-order valence-electron chi connectivity index (χ1n) is 8.40. The Balaban J connectivity index is 0.00000208. The van der Waals surface area contributed by atoms with Crippen molar-refractivity contribution in [3.05, 3.63) is 42.5 Å². The van der Waals surface area contributed by atoms with Gasteiger partial charge in [0.1, 0.15) is 5.75 Å². The summed E-state index contributed by atoms with van der Waals surface area (Å²) < 4.78 is 5.59. The number of hydrogen-bond acceptors (Lipinski definition) is 3. The van der Waals surface area contributed by atoms with Crippen molar-refractivity contribution in [3.8, 4) is 5.75 Å². The van der Waals surface area contributed by atoms with Crippen LogP contribution in [0.15, 0.2) is 42.5 Å². The number of halogens is 1. The highest BCUT2D eigenvalue weighted by atomic mass is 35.5. The standard InChI is InChI=1S/C19H24N2O2.ClH/c22-19(21-11-9-15-4-3-10-20-13-15)14-23-18-8-7-16-5-1-2-6-17(16)12-18;/h1-2,5-8,12,15,20H,3-4,9-11,13-14H2,(H,21,22);1H. The number of ether oxygens (including phenoxy) is 1. The van der Waals surface area contributed by atoms with E-state index in [1.807, 2.05) is 36.4 Å². The molecule has 0 saturated carbocycles. The number of hydrogen-bond donors (Lipinski definition) is 2. The molecule has 1 unspecified atom stereocenters. The molecule has 3 rings (SSSR count). The molecule has 1 aliphatic heterocycles. The molecule has 0 bridgehead atoms. The summed E-state index contributed by atoms with van der Waals surface area (Å²) in [6, 6.07) is 14.0. The largest absolute Gasteiger partial charge is 0.484 e. The van der Waals surface area contributed by atoms with Crippen LogP contribution in [0.2, 0.25) is 0 Å². The van der Waals surface area contributed by atoms with Crippen LogP contribution in [-0.2, 0) is 4.79 Å². The molecule has 0 radical (unpaired) electrons. The minimum atomic E-state index is -0.0538. The van der Waals surface area contributed by atoms with Crippen LogP contribution in [0.1, 0.15) is 19.3 Å². The first kappa shape index (κ1) is 18.6. The lowest BCUT2D eigenvalue weighted by Crippen LogP contribution is -2.34. The molecular formula is C19H25ClN2O2. The molecule has 2 N–H and O–H groups in total. The monoisotopic (exact) mass is 348 g/mol. The van der Waals surface area contributed by atoms with Gasteiger partial charge in [-0.1, -0.05) is 30.3 Å². The van der Waals surface area contributed by atoms with E-state index in [2.05, 4.69) is 16.7 Å². The van der Waals surface area contributed by atoms with Gasteiger partial charge in [-0.05, 0) is 61.2 Å². The van der Waals surface area contributed by atoms with Crippen LogP contribution in [0.5, 0.6) is 5.75 Å². The Morgan fingerprint density at radius 2 is 2.04 bits per heavy atom. The van der Waals surface area contributed by atoms with Gasteiger partial charge in [0.25, 0.3) is 5.91 Å². The van der Waals surface area contributed by atoms with E-state index in [4.69, 9.17) is 4.74 Å². The molecule has 1 atom stereocenters. The van der Waals surface area contributed by atoms with E-state index >= 15 is 0 Å². The van der Waals surface area contributed by atoms with E-state index in [1.165, 1.54) is 18.2 Å². The molecular weight excluding hydrogens is 324 g/mol. The third kappa shape index (κ3) is 5.39. The zero-order valence-electron chi connectivity index (χ0n) is 13.8. The van der Waals surface area contributed by atoms with Gasteiger partial charge in [0, 0.05) is 6.54 Å². The Kier molecular flexibility index (Phi) is 7.35. The zero-order valence-corrected chi connectivity index (χ0v) is 14.6. The third-order valence-corrected chi connectivity index (χ3v) is 4.36. The van der Waals surface area contributed by atoms with Gasteiger partial charge in [0.05, 0.1) is 0 Å². The molecule has 0 spiro atoms. The van der Waals surface area contributed by atoms with E-state index < -0.39 is 0 Å². The molecule has 4 nitrogen and oxygen atoms in total. The molecule has 2 aromatic carbocycles.